The summed E-state index contributed by atoms with van der Waals surface area (Å²) in [6.07, 6.45) is 0.583. The largest absolute Gasteiger partial charge is 0.360 e. The lowest BCUT2D eigenvalue weighted by molar-refractivity contribution is 0.0763. The zero-order chi connectivity index (χ0) is 19.8. The maximum Gasteiger partial charge on any atom is 0.254 e. The molecular formula is C19H25N3O4S. The molecule has 3 rings (SSSR count). The highest BCUT2D eigenvalue weighted by Gasteiger charge is 2.33. The number of nitrogens with zero attached hydrogens (tertiary/aromatic N) is 3. The number of carbonyl (C=O) groups is 1. The molecule has 0 bridgehead atoms. The lowest BCUT2D eigenvalue weighted by Gasteiger charge is -2.22. The lowest BCUT2D eigenvalue weighted by Crippen LogP contribution is -2.37. The third-order valence-corrected chi connectivity index (χ3v) is 7.06. The smallest absolute Gasteiger partial charge is 0.254 e. The van der Waals surface area contributed by atoms with Crippen molar-refractivity contribution in [2.45, 2.75) is 39.0 Å². The van der Waals surface area contributed by atoms with Crippen molar-refractivity contribution in [2.24, 2.45) is 0 Å². The van der Waals surface area contributed by atoms with Crippen LogP contribution in [-0.4, -0.2) is 54.9 Å². The third-order valence-electron chi connectivity index (χ3n) is 4.92. The highest BCUT2D eigenvalue weighted by Crippen LogP contribution is 2.24. The van der Waals surface area contributed by atoms with Crippen LogP contribution in [0.5, 0.6) is 0 Å². The number of aromatic nitrogens is 1. The first-order chi connectivity index (χ1) is 12.7. The van der Waals surface area contributed by atoms with E-state index >= 15 is 0 Å². The molecule has 1 aromatic heterocycles. The van der Waals surface area contributed by atoms with Crippen LogP contribution < -0.4 is 0 Å². The molecule has 1 aromatic carbocycles. The summed E-state index contributed by atoms with van der Waals surface area (Å²) in [6.45, 7) is 8.63. The molecule has 8 heteroatoms. The number of aryl methyl sites for hydroxylation is 4. The van der Waals surface area contributed by atoms with Crippen LogP contribution in [0.25, 0.3) is 0 Å². The van der Waals surface area contributed by atoms with Gasteiger partial charge in [0.25, 0.3) is 5.91 Å². The Kier molecular flexibility index (Phi) is 5.39. The van der Waals surface area contributed by atoms with E-state index in [1.54, 1.807) is 18.7 Å². The van der Waals surface area contributed by atoms with E-state index in [0.717, 1.165) is 11.1 Å². The molecule has 0 aliphatic carbocycles. The number of benzene rings is 1. The van der Waals surface area contributed by atoms with Gasteiger partial charge in [0.1, 0.15) is 10.6 Å². The van der Waals surface area contributed by atoms with Gasteiger partial charge in [-0.2, -0.15) is 4.31 Å². The van der Waals surface area contributed by atoms with Crippen LogP contribution in [-0.2, 0) is 10.0 Å². The van der Waals surface area contributed by atoms with E-state index in [1.165, 1.54) is 4.31 Å². The van der Waals surface area contributed by atoms with Gasteiger partial charge >= 0.3 is 0 Å². The molecule has 146 valence electrons. The SMILES string of the molecule is Cc1ccc(C(=O)N2CCCN(S(=O)(=O)c3c(C)noc3C)CC2)c(C)c1. The summed E-state index contributed by atoms with van der Waals surface area (Å²) in [5.74, 6) is 0.240. The quantitative estimate of drug-likeness (QED) is 0.802. The Bertz CT molecular complexity index is 946. The minimum Gasteiger partial charge on any atom is -0.360 e. The summed E-state index contributed by atoms with van der Waals surface area (Å²) in [5.41, 5.74) is 3.07. The zero-order valence-electron chi connectivity index (χ0n) is 16.2. The summed E-state index contributed by atoms with van der Waals surface area (Å²) >= 11 is 0. The Labute approximate surface area is 160 Å². The summed E-state index contributed by atoms with van der Waals surface area (Å²) in [7, 11) is -3.69. The van der Waals surface area contributed by atoms with Crippen molar-refractivity contribution in [3.05, 3.63) is 46.3 Å². The molecule has 0 atom stereocenters. The number of rotatable bonds is 3. The van der Waals surface area contributed by atoms with E-state index in [9.17, 15) is 13.2 Å². The standard InChI is InChI=1S/C19H25N3O4S/c1-13-6-7-17(14(2)12-13)19(23)21-8-5-9-22(11-10-21)27(24,25)18-15(3)20-26-16(18)4/h6-7,12H,5,8-11H2,1-4H3. The molecule has 2 aromatic rings. The van der Waals surface area contributed by atoms with Crippen LogP contribution in [0.4, 0.5) is 0 Å². The van der Waals surface area contributed by atoms with E-state index < -0.39 is 10.0 Å². The highest BCUT2D eigenvalue weighted by molar-refractivity contribution is 7.89. The average Bonchev–Trinajstić information content (AvgIpc) is 2.81. The topological polar surface area (TPSA) is 83.7 Å². The van der Waals surface area contributed by atoms with Crippen molar-refractivity contribution in [3.8, 4) is 0 Å². The Hall–Kier alpha value is -2.19. The first-order valence-corrected chi connectivity index (χ1v) is 10.5. The molecule has 0 radical (unpaired) electrons. The van der Waals surface area contributed by atoms with Gasteiger partial charge in [-0.15, -0.1) is 0 Å². The molecule has 2 heterocycles. The van der Waals surface area contributed by atoms with Crippen LogP contribution in [0.1, 0.15) is 39.4 Å². The zero-order valence-corrected chi connectivity index (χ0v) is 17.0. The van der Waals surface area contributed by atoms with Crippen molar-refractivity contribution in [3.63, 3.8) is 0 Å². The predicted molar refractivity (Wildman–Crippen MR) is 101 cm³/mol. The second-order valence-corrected chi connectivity index (χ2v) is 8.90. The number of hydrogen-bond acceptors (Lipinski definition) is 5. The van der Waals surface area contributed by atoms with Gasteiger partial charge in [0.05, 0.1) is 0 Å². The monoisotopic (exact) mass is 391 g/mol. The average molecular weight is 391 g/mol. The lowest BCUT2D eigenvalue weighted by atomic mass is 10.0. The number of hydrogen-bond donors (Lipinski definition) is 0. The molecule has 1 fully saturated rings. The first kappa shape index (κ1) is 19.6. The summed E-state index contributed by atoms with van der Waals surface area (Å²) < 4.78 is 32.5. The summed E-state index contributed by atoms with van der Waals surface area (Å²) in [4.78, 5) is 14.8. The normalized spacial score (nSPS) is 16.4. The molecule has 0 unspecified atom stereocenters. The van der Waals surface area contributed by atoms with Crippen LogP contribution in [0.3, 0.4) is 0 Å². The Morgan fingerprint density at radius 2 is 1.81 bits per heavy atom. The first-order valence-electron chi connectivity index (χ1n) is 9.01. The van der Waals surface area contributed by atoms with E-state index in [4.69, 9.17) is 4.52 Å². The molecule has 0 N–H and O–H groups in total. The summed E-state index contributed by atoms with van der Waals surface area (Å²) in [5, 5.41) is 3.75. The molecule has 1 aliphatic heterocycles. The number of carbonyl (C=O) groups excluding carboxylic acids is 1. The Morgan fingerprint density at radius 3 is 2.44 bits per heavy atom. The molecule has 1 aliphatic rings. The predicted octanol–water partition coefficient (Wildman–Crippen LogP) is 2.45. The van der Waals surface area contributed by atoms with E-state index in [2.05, 4.69) is 5.16 Å². The van der Waals surface area contributed by atoms with Crippen molar-refractivity contribution in [1.29, 1.82) is 0 Å². The van der Waals surface area contributed by atoms with Crippen molar-refractivity contribution in [2.75, 3.05) is 26.2 Å². The molecular weight excluding hydrogens is 366 g/mol. The van der Waals surface area contributed by atoms with E-state index in [1.807, 2.05) is 32.0 Å². The van der Waals surface area contributed by atoms with E-state index in [0.29, 0.717) is 43.1 Å². The number of sulfonamides is 1. The minimum atomic E-state index is -3.69. The molecule has 7 nitrogen and oxygen atoms in total. The van der Waals surface area contributed by atoms with Gasteiger partial charge in [0.15, 0.2) is 5.76 Å². The highest BCUT2D eigenvalue weighted by atomic mass is 32.2. The van der Waals surface area contributed by atoms with Gasteiger partial charge in [0, 0.05) is 31.7 Å². The van der Waals surface area contributed by atoms with Gasteiger partial charge < -0.3 is 9.42 Å². The van der Waals surface area contributed by atoms with Crippen LogP contribution in [0.15, 0.2) is 27.6 Å². The van der Waals surface area contributed by atoms with Crippen LogP contribution in [0, 0.1) is 27.7 Å². The van der Waals surface area contributed by atoms with Crippen LogP contribution in [0.2, 0.25) is 0 Å². The molecule has 0 spiro atoms. The maximum atomic E-state index is 13.0. The van der Waals surface area contributed by atoms with E-state index in [-0.39, 0.29) is 17.3 Å². The van der Waals surface area contributed by atoms with Crippen molar-refractivity contribution >= 4 is 15.9 Å². The van der Waals surface area contributed by atoms with Crippen molar-refractivity contribution < 1.29 is 17.7 Å². The minimum absolute atomic E-state index is 0.0518. The Balaban J connectivity index is 1.78. The fourth-order valence-electron chi connectivity index (χ4n) is 3.53. The maximum absolute atomic E-state index is 13.0. The molecule has 27 heavy (non-hydrogen) atoms. The van der Waals surface area contributed by atoms with Crippen LogP contribution >= 0.6 is 0 Å². The molecule has 1 amide bonds. The van der Waals surface area contributed by atoms with Crippen molar-refractivity contribution in [1.82, 2.24) is 14.4 Å². The number of amides is 1. The summed E-state index contributed by atoms with van der Waals surface area (Å²) in [6, 6.07) is 5.75. The second kappa shape index (κ2) is 7.44. The molecule has 1 saturated heterocycles. The van der Waals surface area contributed by atoms with Gasteiger partial charge in [-0.25, -0.2) is 8.42 Å². The fourth-order valence-corrected chi connectivity index (χ4v) is 5.29. The molecule has 0 saturated carbocycles. The van der Waals surface area contributed by atoms with Gasteiger partial charge in [-0.1, -0.05) is 22.9 Å². The van der Waals surface area contributed by atoms with Gasteiger partial charge in [-0.3, -0.25) is 4.79 Å². The third kappa shape index (κ3) is 3.77. The van der Waals surface area contributed by atoms with Gasteiger partial charge in [0.2, 0.25) is 10.0 Å². The van der Waals surface area contributed by atoms with Gasteiger partial charge in [-0.05, 0) is 45.7 Å². The fraction of sp³-hybridized carbons (Fsp3) is 0.474. The second-order valence-electron chi connectivity index (χ2n) is 7.02. The Morgan fingerprint density at radius 1 is 1.07 bits per heavy atom.